The maximum absolute atomic E-state index is 4.44. The zero-order chi connectivity index (χ0) is 16.3. The fourth-order valence-electron chi connectivity index (χ4n) is 3.12. The molecule has 1 aliphatic carbocycles. The molecule has 0 spiro atoms. The van der Waals surface area contributed by atoms with E-state index >= 15 is 0 Å². The highest BCUT2D eigenvalue weighted by Gasteiger charge is 2.44. The first-order chi connectivity index (χ1) is 11.1. The van der Waals surface area contributed by atoms with Crippen molar-refractivity contribution in [2.45, 2.75) is 24.8 Å². The van der Waals surface area contributed by atoms with E-state index in [9.17, 15) is 0 Å². The quantitative estimate of drug-likeness (QED) is 0.441. The zero-order valence-electron chi connectivity index (χ0n) is 14.7. The molecule has 1 N–H and O–H groups in total. The van der Waals surface area contributed by atoms with Crippen molar-refractivity contribution in [1.82, 2.24) is 14.8 Å². The average molecular weight is 438 g/mol. The summed E-state index contributed by atoms with van der Waals surface area (Å²) in [6.45, 7) is 1.79. The molecule has 0 aliphatic heterocycles. The van der Waals surface area contributed by atoms with Crippen LogP contribution >= 0.6 is 24.0 Å². The highest BCUT2D eigenvalue weighted by molar-refractivity contribution is 14.0. The molecule has 0 unspecified atom stereocenters. The van der Waals surface area contributed by atoms with Gasteiger partial charge in [0, 0.05) is 45.0 Å². The molecule has 1 aliphatic rings. The maximum atomic E-state index is 4.44. The summed E-state index contributed by atoms with van der Waals surface area (Å²) in [4.78, 5) is 6.62. The largest absolute Gasteiger partial charge is 0.355 e. The van der Waals surface area contributed by atoms with Crippen LogP contribution in [0.3, 0.4) is 0 Å². The van der Waals surface area contributed by atoms with Gasteiger partial charge in [0.1, 0.15) is 0 Å². The number of hydrogen-bond donors (Lipinski definition) is 1. The van der Waals surface area contributed by atoms with Gasteiger partial charge in [-0.05, 0) is 30.5 Å². The minimum absolute atomic E-state index is 0. The summed E-state index contributed by atoms with van der Waals surface area (Å²) in [5.41, 5.74) is 3.01. The third-order valence-corrected chi connectivity index (χ3v) is 4.85. The molecule has 3 rings (SSSR count). The average Bonchev–Trinajstić information content (AvgIpc) is 3.26. The number of nitrogens with one attached hydrogen (secondary N) is 1. The summed E-state index contributed by atoms with van der Waals surface area (Å²) in [5.74, 6) is 0.952. The van der Waals surface area contributed by atoms with Crippen LogP contribution in [0.25, 0.3) is 0 Å². The summed E-state index contributed by atoms with van der Waals surface area (Å²) in [5, 5.41) is 3.57. The molecule has 0 amide bonds. The van der Waals surface area contributed by atoms with Crippen LogP contribution in [-0.2, 0) is 19.0 Å². The minimum atomic E-state index is 0. The maximum Gasteiger partial charge on any atom is 0.193 e. The molecule has 1 heterocycles. The lowest BCUT2D eigenvalue weighted by Gasteiger charge is -2.25. The molecule has 1 saturated carbocycles. The number of rotatable bonds is 5. The van der Waals surface area contributed by atoms with Gasteiger partial charge in [-0.25, -0.2) is 0 Å². The van der Waals surface area contributed by atoms with Gasteiger partial charge in [0.05, 0.1) is 6.54 Å². The number of aliphatic imine (C=N–C) groups is 1. The monoisotopic (exact) mass is 438 g/mol. The number of guanidine groups is 1. The second-order valence-electron chi connectivity index (χ2n) is 6.51. The summed E-state index contributed by atoms with van der Waals surface area (Å²) < 4.78 is 2.15. The molecule has 0 bridgehead atoms. The van der Waals surface area contributed by atoms with Crippen LogP contribution in [0.2, 0.25) is 0 Å². The Morgan fingerprint density at radius 2 is 1.92 bits per heavy atom. The molecule has 4 nitrogen and oxygen atoms in total. The van der Waals surface area contributed by atoms with Crippen LogP contribution < -0.4 is 5.32 Å². The molecule has 0 radical (unpaired) electrons. The fourth-order valence-corrected chi connectivity index (χ4v) is 3.12. The molecule has 0 atom stereocenters. The zero-order valence-corrected chi connectivity index (χ0v) is 17.0. The van der Waals surface area contributed by atoms with E-state index in [2.05, 4.69) is 82.5 Å². The lowest BCUT2D eigenvalue weighted by molar-refractivity contribution is 0.456. The number of hydrogen-bond acceptors (Lipinski definition) is 1. The van der Waals surface area contributed by atoms with Crippen LogP contribution in [-0.4, -0.2) is 36.1 Å². The molecule has 1 fully saturated rings. The van der Waals surface area contributed by atoms with Crippen molar-refractivity contribution in [3.8, 4) is 0 Å². The predicted molar refractivity (Wildman–Crippen MR) is 111 cm³/mol. The first-order valence-corrected chi connectivity index (χ1v) is 8.22. The van der Waals surface area contributed by atoms with Gasteiger partial charge in [-0.1, -0.05) is 30.3 Å². The Bertz CT molecular complexity index is 674. The van der Waals surface area contributed by atoms with Crippen LogP contribution in [0.5, 0.6) is 0 Å². The van der Waals surface area contributed by atoms with Crippen LogP contribution in [0.1, 0.15) is 24.1 Å². The molecule has 5 heteroatoms. The Hall–Kier alpha value is -1.50. The van der Waals surface area contributed by atoms with E-state index in [1.165, 1.54) is 24.1 Å². The van der Waals surface area contributed by atoms with E-state index in [4.69, 9.17) is 0 Å². The SMILES string of the molecule is CN=C(NCC1(c2ccccc2)CC1)N(C)Cc1cccn1C.I. The third kappa shape index (κ3) is 4.12. The highest BCUT2D eigenvalue weighted by Crippen LogP contribution is 2.47. The van der Waals surface area contributed by atoms with Gasteiger partial charge < -0.3 is 14.8 Å². The van der Waals surface area contributed by atoms with E-state index in [0.717, 1.165) is 19.0 Å². The number of halogens is 1. The molecular weight excluding hydrogens is 411 g/mol. The lowest BCUT2D eigenvalue weighted by atomic mass is 9.96. The summed E-state index contributed by atoms with van der Waals surface area (Å²) in [7, 11) is 6.02. The van der Waals surface area contributed by atoms with Gasteiger partial charge in [0.15, 0.2) is 5.96 Å². The Morgan fingerprint density at radius 1 is 1.21 bits per heavy atom. The van der Waals surface area contributed by atoms with Gasteiger partial charge in [0.25, 0.3) is 0 Å². The molecule has 24 heavy (non-hydrogen) atoms. The van der Waals surface area contributed by atoms with Crippen molar-refractivity contribution in [3.05, 3.63) is 59.9 Å². The third-order valence-electron chi connectivity index (χ3n) is 4.85. The van der Waals surface area contributed by atoms with Gasteiger partial charge in [0.2, 0.25) is 0 Å². The molecule has 0 saturated heterocycles. The Kier molecular flexibility index (Phi) is 6.32. The van der Waals surface area contributed by atoms with Gasteiger partial charge in [-0.3, -0.25) is 4.99 Å². The molecule has 130 valence electrons. The summed E-state index contributed by atoms with van der Waals surface area (Å²) in [6, 6.07) is 15.1. The van der Waals surface area contributed by atoms with Crippen molar-refractivity contribution in [3.63, 3.8) is 0 Å². The standard InChI is InChI=1S/C19H26N4.HI/c1-20-18(23(3)14-17-10-7-13-22(17)2)21-15-19(11-12-19)16-8-5-4-6-9-16;/h4-10,13H,11-12,14-15H2,1-3H3,(H,20,21);1H. The van der Waals surface area contributed by atoms with Crippen LogP contribution in [0.15, 0.2) is 53.7 Å². The van der Waals surface area contributed by atoms with Gasteiger partial charge in [-0.2, -0.15) is 0 Å². The van der Waals surface area contributed by atoms with Crippen LogP contribution in [0.4, 0.5) is 0 Å². The summed E-state index contributed by atoms with van der Waals surface area (Å²) >= 11 is 0. The molecular formula is C19H27IN4. The minimum Gasteiger partial charge on any atom is -0.355 e. The van der Waals surface area contributed by atoms with Gasteiger partial charge >= 0.3 is 0 Å². The number of nitrogens with zero attached hydrogens (tertiary/aromatic N) is 3. The van der Waals surface area contributed by atoms with Crippen molar-refractivity contribution < 1.29 is 0 Å². The van der Waals surface area contributed by atoms with Crippen molar-refractivity contribution in [1.29, 1.82) is 0 Å². The molecule has 2 aromatic rings. The van der Waals surface area contributed by atoms with E-state index in [1.54, 1.807) is 0 Å². The number of aromatic nitrogens is 1. The first kappa shape index (κ1) is 18.8. The van der Waals surface area contributed by atoms with Crippen molar-refractivity contribution >= 4 is 29.9 Å². The number of aryl methyl sites for hydroxylation is 1. The second-order valence-corrected chi connectivity index (χ2v) is 6.51. The summed E-state index contributed by atoms with van der Waals surface area (Å²) in [6.07, 6.45) is 4.58. The highest BCUT2D eigenvalue weighted by atomic mass is 127. The normalized spacial score (nSPS) is 15.5. The first-order valence-electron chi connectivity index (χ1n) is 8.22. The van der Waals surface area contributed by atoms with Crippen molar-refractivity contribution in [2.75, 3.05) is 20.6 Å². The smallest absolute Gasteiger partial charge is 0.193 e. The van der Waals surface area contributed by atoms with Crippen molar-refractivity contribution in [2.24, 2.45) is 12.0 Å². The topological polar surface area (TPSA) is 32.6 Å². The van der Waals surface area contributed by atoms with Crippen LogP contribution in [0, 0.1) is 0 Å². The van der Waals surface area contributed by atoms with E-state index < -0.39 is 0 Å². The van der Waals surface area contributed by atoms with E-state index in [-0.39, 0.29) is 24.0 Å². The molecule has 1 aromatic heterocycles. The second kappa shape index (κ2) is 8.05. The Labute approximate surface area is 162 Å². The predicted octanol–water partition coefficient (Wildman–Crippen LogP) is 3.38. The fraction of sp³-hybridized carbons (Fsp3) is 0.421. The molecule has 1 aromatic carbocycles. The lowest BCUT2D eigenvalue weighted by Crippen LogP contribution is -2.42. The Balaban J connectivity index is 0.00000208. The van der Waals surface area contributed by atoms with E-state index in [1.807, 2.05) is 7.05 Å². The van der Waals surface area contributed by atoms with Gasteiger partial charge in [-0.15, -0.1) is 24.0 Å². The van der Waals surface area contributed by atoms with E-state index in [0.29, 0.717) is 5.41 Å². The number of benzene rings is 1. The Morgan fingerprint density at radius 3 is 2.46 bits per heavy atom.